The summed E-state index contributed by atoms with van der Waals surface area (Å²) in [6.07, 6.45) is 1.25. The van der Waals surface area contributed by atoms with E-state index >= 15 is 0 Å². The molecule has 0 radical (unpaired) electrons. The summed E-state index contributed by atoms with van der Waals surface area (Å²) >= 11 is 3.07. The van der Waals surface area contributed by atoms with E-state index in [0.717, 1.165) is 4.57 Å². The van der Waals surface area contributed by atoms with Crippen LogP contribution in [0, 0.1) is 11.6 Å². The molecule has 0 aliphatic heterocycles. The number of halogens is 3. The molecular formula is C15H12BrF2NO3. The third-order valence-electron chi connectivity index (χ3n) is 3.13. The van der Waals surface area contributed by atoms with Crippen molar-refractivity contribution in [3.8, 4) is 0 Å². The number of carbonyl (C=O) groups excluding carboxylic acids is 1. The third kappa shape index (κ3) is 3.24. The molecule has 0 spiro atoms. The second-order valence-electron chi connectivity index (χ2n) is 4.52. The lowest BCUT2D eigenvalue weighted by molar-refractivity contribution is 0.0599. The van der Waals surface area contributed by atoms with Gasteiger partial charge in [-0.15, -0.1) is 0 Å². The van der Waals surface area contributed by atoms with E-state index in [1.54, 1.807) is 0 Å². The van der Waals surface area contributed by atoms with E-state index in [-0.39, 0.29) is 28.6 Å². The third-order valence-corrected chi connectivity index (χ3v) is 3.74. The number of rotatable bonds is 4. The van der Waals surface area contributed by atoms with Gasteiger partial charge in [0.1, 0.15) is 0 Å². The first-order valence-corrected chi connectivity index (χ1v) is 7.40. The molecule has 1 heterocycles. The molecule has 0 aliphatic carbocycles. The first kappa shape index (κ1) is 16.4. The summed E-state index contributed by atoms with van der Waals surface area (Å²) < 4.78 is 33.4. The van der Waals surface area contributed by atoms with E-state index in [1.165, 1.54) is 37.6 Å². The SMILES string of the molecule is COC(=O)c1ccc(=O)n(Cc2ccc(CBr)c(F)c2F)c1. The van der Waals surface area contributed by atoms with E-state index < -0.39 is 23.2 Å². The van der Waals surface area contributed by atoms with Crippen molar-refractivity contribution in [2.45, 2.75) is 11.9 Å². The molecular weight excluding hydrogens is 360 g/mol. The van der Waals surface area contributed by atoms with Gasteiger partial charge >= 0.3 is 5.97 Å². The normalized spacial score (nSPS) is 10.5. The molecule has 1 aromatic carbocycles. The van der Waals surface area contributed by atoms with E-state index in [2.05, 4.69) is 20.7 Å². The monoisotopic (exact) mass is 371 g/mol. The minimum atomic E-state index is -1.01. The van der Waals surface area contributed by atoms with Crippen LogP contribution in [0.4, 0.5) is 8.78 Å². The molecule has 2 aromatic rings. The number of hydrogen-bond acceptors (Lipinski definition) is 3. The number of alkyl halides is 1. The molecule has 7 heteroatoms. The Morgan fingerprint density at radius 2 is 1.82 bits per heavy atom. The lowest BCUT2D eigenvalue weighted by Crippen LogP contribution is -2.21. The summed E-state index contributed by atoms with van der Waals surface area (Å²) in [7, 11) is 1.21. The summed E-state index contributed by atoms with van der Waals surface area (Å²) in [5.41, 5.74) is -0.0692. The molecule has 0 atom stereocenters. The van der Waals surface area contributed by atoms with Crippen LogP contribution < -0.4 is 5.56 Å². The lowest BCUT2D eigenvalue weighted by Gasteiger charge is -2.10. The molecule has 0 bridgehead atoms. The molecule has 116 valence electrons. The van der Waals surface area contributed by atoms with Gasteiger partial charge in [-0.05, 0) is 6.07 Å². The van der Waals surface area contributed by atoms with Gasteiger partial charge in [-0.1, -0.05) is 28.1 Å². The molecule has 0 saturated carbocycles. The Hall–Kier alpha value is -2.02. The van der Waals surface area contributed by atoms with Crippen molar-refractivity contribution in [3.63, 3.8) is 0 Å². The number of carbonyl (C=O) groups is 1. The van der Waals surface area contributed by atoms with E-state index in [1.807, 2.05) is 0 Å². The predicted molar refractivity (Wildman–Crippen MR) is 80.1 cm³/mol. The van der Waals surface area contributed by atoms with Gasteiger partial charge in [0.15, 0.2) is 11.6 Å². The standard InChI is InChI=1S/C15H12BrF2NO3/c1-22-15(21)11-4-5-12(20)19(8-11)7-10-3-2-9(6-16)13(17)14(10)18/h2-5,8H,6-7H2,1H3. The number of ether oxygens (including phenoxy) is 1. The maximum atomic E-state index is 14.0. The molecule has 0 unspecified atom stereocenters. The molecule has 4 nitrogen and oxygen atoms in total. The van der Waals surface area contributed by atoms with Crippen LogP contribution in [0.5, 0.6) is 0 Å². The van der Waals surface area contributed by atoms with E-state index in [0.29, 0.717) is 0 Å². The van der Waals surface area contributed by atoms with Crippen LogP contribution in [-0.2, 0) is 16.6 Å². The number of pyridine rings is 1. The zero-order valence-electron chi connectivity index (χ0n) is 11.6. The van der Waals surface area contributed by atoms with E-state index in [9.17, 15) is 18.4 Å². The van der Waals surface area contributed by atoms with Crippen molar-refractivity contribution in [2.75, 3.05) is 7.11 Å². The highest BCUT2D eigenvalue weighted by atomic mass is 79.9. The van der Waals surface area contributed by atoms with Crippen molar-refractivity contribution in [3.05, 3.63) is 69.1 Å². The van der Waals surface area contributed by atoms with Gasteiger partial charge in [-0.25, -0.2) is 13.6 Å². The van der Waals surface area contributed by atoms with Crippen LogP contribution in [-0.4, -0.2) is 17.6 Å². The minimum Gasteiger partial charge on any atom is -0.465 e. The second-order valence-corrected chi connectivity index (χ2v) is 5.08. The first-order valence-electron chi connectivity index (χ1n) is 6.28. The van der Waals surface area contributed by atoms with E-state index in [4.69, 9.17) is 0 Å². The highest BCUT2D eigenvalue weighted by Crippen LogP contribution is 2.19. The Morgan fingerprint density at radius 3 is 2.45 bits per heavy atom. The lowest BCUT2D eigenvalue weighted by atomic mass is 10.1. The molecule has 0 fully saturated rings. The van der Waals surface area contributed by atoms with Crippen molar-refractivity contribution < 1.29 is 18.3 Å². The van der Waals surface area contributed by atoms with Gasteiger partial charge in [-0.2, -0.15) is 0 Å². The van der Waals surface area contributed by atoms with Crippen LogP contribution in [0.2, 0.25) is 0 Å². The van der Waals surface area contributed by atoms with Crippen molar-refractivity contribution >= 4 is 21.9 Å². The quantitative estimate of drug-likeness (QED) is 0.613. The first-order chi connectivity index (χ1) is 10.5. The molecule has 22 heavy (non-hydrogen) atoms. The van der Waals surface area contributed by atoms with Crippen LogP contribution in [0.3, 0.4) is 0 Å². The number of hydrogen-bond donors (Lipinski definition) is 0. The van der Waals surface area contributed by atoms with Crippen LogP contribution >= 0.6 is 15.9 Å². The molecule has 0 amide bonds. The number of esters is 1. The maximum absolute atomic E-state index is 14.0. The Balaban J connectivity index is 2.41. The number of aromatic nitrogens is 1. The molecule has 0 aliphatic rings. The molecule has 0 N–H and O–H groups in total. The Morgan fingerprint density at radius 1 is 1.18 bits per heavy atom. The molecule has 1 aromatic heterocycles. The largest absolute Gasteiger partial charge is 0.465 e. The highest BCUT2D eigenvalue weighted by molar-refractivity contribution is 9.08. The highest BCUT2D eigenvalue weighted by Gasteiger charge is 2.14. The zero-order valence-corrected chi connectivity index (χ0v) is 13.2. The fraction of sp³-hybridized carbons (Fsp3) is 0.200. The van der Waals surface area contributed by atoms with Gasteiger partial charge in [0.25, 0.3) is 5.56 Å². The molecule has 2 rings (SSSR count). The fourth-order valence-electron chi connectivity index (χ4n) is 1.93. The van der Waals surface area contributed by atoms with Crippen molar-refractivity contribution in [2.24, 2.45) is 0 Å². The van der Waals surface area contributed by atoms with Crippen molar-refractivity contribution in [1.82, 2.24) is 4.57 Å². The van der Waals surface area contributed by atoms with Crippen LogP contribution in [0.25, 0.3) is 0 Å². The average Bonchev–Trinajstić information content (AvgIpc) is 2.53. The number of methoxy groups -OCH3 is 1. The fourth-order valence-corrected chi connectivity index (χ4v) is 2.36. The number of nitrogens with zero attached hydrogens (tertiary/aromatic N) is 1. The second kappa shape index (κ2) is 6.83. The van der Waals surface area contributed by atoms with Gasteiger partial charge in [-0.3, -0.25) is 4.79 Å². The predicted octanol–water partition coefficient (Wildman–Crippen LogP) is 2.86. The van der Waals surface area contributed by atoms with Crippen molar-refractivity contribution in [1.29, 1.82) is 0 Å². The zero-order chi connectivity index (χ0) is 16.3. The molecule has 0 saturated heterocycles. The summed E-state index contributed by atoms with van der Waals surface area (Å²) in [6, 6.07) is 5.34. The van der Waals surface area contributed by atoms with Gasteiger partial charge in [0.05, 0.1) is 19.2 Å². The number of benzene rings is 1. The van der Waals surface area contributed by atoms with Gasteiger partial charge in [0, 0.05) is 28.7 Å². The topological polar surface area (TPSA) is 48.3 Å². The summed E-state index contributed by atoms with van der Waals surface area (Å²) in [4.78, 5) is 23.3. The van der Waals surface area contributed by atoms with Crippen LogP contribution in [0.15, 0.2) is 35.3 Å². The Labute approximate surface area is 133 Å². The van der Waals surface area contributed by atoms with Crippen LogP contribution in [0.1, 0.15) is 21.5 Å². The van der Waals surface area contributed by atoms with Gasteiger partial charge in [0.2, 0.25) is 0 Å². The Kier molecular flexibility index (Phi) is 5.07. The summed E-state index contributed by atoms with van der Waals surface area (Å²) in [6.45, 7) is -0.186. The maximum Gasteiger partial charge on any atom is 0.339 e. The van der Waals surface area contributed by atoms with Gasteiger partial charge < -0.3 is 9.30 Å². The minimum absolute atomic E-state index is 0.0197. The Bertz CT molecular complexity index is 774. The summed E-state index contributed by atoms with van der Waals surface area (Å²) in [5.74, 6) is -2.58. The summed E-state index contributed by atoms with van der Waals surface area (Å²) in [5, 5.41) is 0.188. The smallest absolute Gasteiger partial charge is 0.339 e. The average molecular weight is 372 g/mol.